The lowest BCUT2D eigenvalue weighted by atomic mass is 9.87. The predicted octanol–water partition coefficient (Wildman–Crippen LogP) is 2.52. The maximum absolute atomic E-state index is 12.8. The van der Waals surface area contributed by atoms with Gasteiger partial charge in [0.05, 0.1) is 34.3 Å². The number of nitrogens with one attached hydrogen (secondary N) is 3. The van der Waals surface area contributed by atoms with Crippen LogP contribution in [0.1, 0.15) is 36.0 Å². The van der Waals surface area contributed by atoms with Gasteiger partial charge in [0.1, 0.15) is 5.75 Å². The number of likely N-dealkylation sites (N-methyl/N-ethyl adjacent to an activating group) is 1. The van der Waals surface area contributed by atoms with Crippen molar-refractivity contribution in [3.63, 3.8) is 0 Å². The third kappa shape index (κ3) is 4.98. The zero-order chi connectivity index (χ0) is 20.8. The Morgan fingerprint density at radius 1 is 1.21 bits per heavy atom. The van der Waals surface area contributed by atoms with Crippen LogP contribution in [0.15, 0.2) is 48.7 Å². The molecule has 0 aliphatic rings. The zero-order valence-corrected chi connectivity index (χ0v) is 17.8. The molecule has 3 aromatic rings. The number of ether oxygens (including phenoxy) is 1. The van der Waals surface area contributed by atoms with Crippen LogP contribution in [0.3, 0.4) is 0 Å². The molecule has 29 heavy (non-hydrogen) atoms. The second-order valence-electron chi connectivity index (χ2n) is 7.78. The normalized spacial score (nSPS) is 12.3. The number of amides is 1. The molecule has 0 aliphatic carbocycles. The molecule has 5 nitrogen and oxygen atoms in total. The number of carbonyl (C=O) groups is 1. The molecule has 0 spiro atoms. The van der Waals surface area contributed by atoms with E-state index in [-0.39, 0.29) is 11.8 Å². The number of aromatic amines is 1. The fraction of sp³-hybridized carbons (Fsp3) is 0.375. The average Bonchev–Trinajstić information content (AvgIpc) is 3.15. The highest BCUT2D eigenvalue weighted by Crippen LogP contribution is 2.35. The molecule has 3 N–H and O–H groups in total. The van der Waals surface area contributed by atoms with Crippen LogP contribution >= 0.6 is 0 Å². The molecular formula is C24H32N3O2+. The Morgan fingerprint density at radius 3 is 2.72 bits per heavy atom. The van der Waals surface area contributed by atoms with Crippen LogP contribution in [0, 0.1) is 0 Å². The van der Waals surface area contributed by atoms with E-state index in [4.69, 9.17) is 4.74 Å². The number of quaternary nitrogens is 1. The molecule has 0 saturated heterocycles. The number of carbonyl (C=O) groups excluding carboxylic acids is 1. The summed E-state index contributed by atoms with van der Waals surface area (Å²) < 4.78 is 5.43. The van der Waals surface area contributed by atoms with Crippen molar-refractivity contribution in [2.24, 2.45) is 0 Å². The van der Waals surface area contributed by atoms with Crippen molar-refractivity contribution >= 4 is 16.8 Å². The number of aryl methyl sites for hydroxylation is 1. The van der Waals surface area contributed by atoms with Gasteiger partial charge in [0.25, 0.3) is 0 Å². The summed E-state index contributed by atoms with van der Waals surface area (Å²) in [6, 6.07) is 14.4. The van der Waals surface area contributed by atoms with Gasteiger partial charge >= 0.3 is 0 Å². The summed E-state index contributed by atoms with van der Waals surface area (Å²) in [6.45, 7) is 3.75. The molecule has 5 heteroatoms. The number of H-pyrrole nitrogens is 1. The van der Waals surface area contributed by atoms with Gasteiger partial charge in [-0.25, -0.2) is 0 Å². The quantitative estimate of drug-likeness (QED) is 0.522. The Bertz CT molecular complexity index is 962. The first-order chi connectivity index (χ1) is 14.0. The highest BCUT2D eigenvalue weighted by Gasteiger charge is 2.22. The number of methoxy groups -OCH3 is 1. The number of para-hydroxylation sites is 1. The Balaban J connectivity index is 1.96. The van der Waals surface area contributed by atoms with Crippen LogP contribution in [0.25, 0.3) is 10.9 Å². The Kier molecular flexibility index (Phi) is 6.94. The number of rotatable bonds is 9. The first-order valence-corrected chi connectivity index (χ1v) is 10.3. The zero-order valence-electron chi connectivity index (χ0n) is 17.8. The van der Waals surface area contributed by atoms with E-state index >= 15 is 0 Å². The van der Waals surface area contributed by atoms with Gasteiger partial charge in [0, 0.05) is 29.4 Å². The molecule has 0 radical (unpaired) electrons. The lowest BCUT2D eigenvalue weighted by Gasteiger charge is -2.18. The molecule has 0 saturated carbocycles. The molecular weight excluding hydrogens is 362 g/mol. The summed E-state index contributed by atoms with van der Waals surface area (Å²) in [7, 11) is 5.84. The standard InChI is InChI=1S/C24H31N3O2/c1-5-17-8-7-11-20-22(16-26-24(17)20)21(15-23(28)25-12-13-27(2)3)18-9-6-10-19(14-18)29-4/h6-11,14,16,21,26H,5,12-13,15H2,1-4H3,(H,25,28)/p+1/t21-/m1/s1. The molecule has 1 heterocycles. The van der Waals surface area contributed by atoms with Gasteiger partial charge in [-0.3, -0.25) is 4.79 Å². The number of hydrogen-bond acceptors (Lipinski definition) is 2. The first kappa shape index (κ1) is 20.9. The van der Waals surface area contributed by atoms with Crippen LogP contribution in [-0.2, 0) is 11.2 Å². The van der Waals surface area contributed by atoms with Crippen LogP contribution in [0.5, 0.6) is 5.75 Å². The summed E-state index contributed by atoms with van der Waals surface area (Å²) in [5.74, 6) is 0.830. The van der Waals surface area contributed by atoms with E-state index in [0.29, 0.717) is 13.0 Å². The molecule has 0 bridgehead atoms. The van der Waals surface area contributed by atoms with Gasteiger partial charge in [-0.05, 0) is 35.2 Å². The van der Waals surface area contributed by atoms with Crippen molar-refractivity contribution in [2.75, 3.05) is 34.3 Å². The Morgan fingerprint density at radius 2 is 2.00 bits per heavy atom. The van der Waals surface area contributed by atoms with E-state index in [1.54, 1.807) is 7.11 Å². The second-order valence-corrected chi connectivity index (χ2v) is 7.78. The molecule has 0 aliphatic heterocycles. The summed E-state index contributed by atoms with van der Waals surface area (Å²) in [4.78, 5) is 17.5. The number of aromatic nitrogens is 1. The highest BCUT2D eigenvalue weighted by atomic mass is 16.5. The molecule has 2 aromatic carbocycles. The monoisotopic (exact) mass is 394 g/mol. The Hall–Kier alpha value is -2.79. The number of fused-ring (bicyclic) bond motifs is 1. The molecule has 3 rings (SSSR count). The molecule has 1 atom stereocenters. The van der Waals surface area contributed by atoms with Crippen LogP contribution in [0.4, 0.5) is 0 Å². The van der Waals surface area contributed by atoms with Crippen molar-refractivity contribution in [1.82, 2.24) is 10.3 Å². The van der Waals surface area contributed by atoms with Crippen LogP contribution in [0.2, 0.25) is 0 Å². The lowest BCUT2D eigenvalue weighted by molar-refractivity contribution is -0.856. The molecule has 0 unspecified atom stereocenters. The number of benzene rings is 2. The van der Waals surface area contributed by atoms with Crippen LogP contribution in [-0.4, -0.2) is 45.2 Å². The second kappa shape index (κ2) is 9.61. The molecule has 1 aromatic heterocycles. The van der Waals surface area contributed by atoms with Crippen molar-refractivity contribution in [3.8, 4) is 5.75 Å². The summed E-state index contributed by atoms with van der Waals surface area (Å²) in [5, 5.41) is 4.26. The minimum Gasteiger partial charge on any atom is -0.497 e. The van der Waals surface area contributed by atoms with Gasteiger partial charge in [0.2, 0.25) is 5.91 Å². The van der Waals surface area contributed by atoms with E-state index in [1.807, 2.05) is 18.2 Å². The maximum atomic E-state index is 12.8. The third-order valence-electron chi connectivity index (χ3n) is 5.42. The summed E-state index contributed by atoms with van der Waals surface area (Å²) >= 11 is 0. The van der Waals surface area contributed by atoms with E-state index in [1.165, 1.54) is 15.8 Å². The highest BCUT2D eigenvalue weighted by molar-refractivity contribution is 5.88. The van der Waals surface area contributed by atoms with Gasteiger partial charge in [-0.2, -0.15) is 0 Å². The van der Waals surface area contributed by atoms with Gasteiger partial charge in [-0.15, -0.1) is 0 Å². The van der Waals surface area contributed by atoms with Crippen molar-refractivity contribution in [1.29, 1.82) is 0 Å². The first-order valence-electron chi connectivity index (χ1n) is 10.3. The third-order valence-corrected chi connectivity index (χ3v) is 5.42. The fourth-order valence-electron chi connectivity index (χ4n) is 3.80. The molecule has 0 fully saturated rings. The smallest absolute Gasteiger partial charge is 0.221 e. The van der Waals surface area contributed by atoms with E-state index in [2.05, 4.69) is 61.8 Å². The van der Waals surface area contributed by atoms with Gasteiger partial charge in [-0.1, -0.05) is 37.3 Å². The van der Waals surface area contributed by atoms with Crippen molar-refractivity contribution < 1.29 is 14.4 Å². The van der Waals surface area contributed by atoms with Gasteiger partial charge in [0.15, 0.2) is 0 Å². The van der Waals surface area contributed by atoms with E-state index in [9.17, 15) is 4.79 Å². The lowest BCUT2D eigenvalue weighted by Crippen LogP contribution is -3.06. The predicted molar refractivity (Wildman–Crippen MR) is 118 cm³/mol. The minimum absolute atomic E-state index is 0.0438. The van der Waals surface area contributed by atoms with Gasteiger partial charge < -0.3 is 19.9 Å². The van der Waals surface area contributed by atoms with Crippen molar-refractivity contribution in [2.45, 2.75) is 25.7 Å². The SMILES string of the molecule is CCc1cccc2c([C@H](CC(=O)NCC[NH+](C)C)c3cccc(OC)c3)c[nH]c12. The molecule has 1 amide bonds. The van der Waals surface area contributed by atoms with E-state index in [0.717, 1.165) is 35.4 Å². The maximum Gasteiger partial charge on any atom is 0.221 e. The fourth-order valence-corrected chi connectivity index (χ4v) is 3.80. The Labute approximate surface area is 173 Å². The largest absolute Gasteiger partial charge is 0.497 e. The van der Waals surface area contributed by atoms with Crippen molar-refractivity contribution in [3.05, 3.63) is 65.4 Å². The topological polar surface area (TPSA) is 58.6 Å². The van der Waals surface area contributed by atoms with E-state index < -0.39 is 0 Å². The molecule has 154 valence electrons. The number of hydrogen-bond donors (Lipinski definition) is 3. The summed E-state index contributed by atoms with van der Waals surface area (Å²) in [5.41, 5.74) is 4.68. The average molecular weight is 395 g/mol. The minimum atomic E-state index is -0.0438. The summed E-state index contributed by atoms with van der Waals surface area (Å²) in [6.07, 6.45) is 3.43. The van der Waals surface area contributed by atoms with Crippen LogP contribution < -0.4 is 15.0 Å².